The second-order valence-corrected chi connectivity index (χ2v) is 4.07. The van der Waals surface area contributed by atoms with Gasteiger partial charge in [0.1, 0.15) is 0 Å². The molecule has 0 aliphatic heterocycles. The second-order valence-electron chi connectivity index (χ2n) is 3.57. The van der Waals surface area contributed by atoms with Crippen LogP contribution in [0.15, 0.2) is 58.1 Å². The van der Waals surface area contributed by atoms with Gasteiger partial charge in [-0.2, -0.15) is 0 Å². The molecule has 0 unspecified atom stereocenters. The summed E-state index contributed by atoms with van der Waals surface area (Å²) < 4.78 is 0. The first kappa shape index (κ1) is 16.1. The standard InChI is InChI=1S/C12H12Cl2N4O2/c13-7-1-9-17(15-19)11-3-5-12(6-4-11)18(16-20)10-2-8-14/h1-8H,9-10H2. The fourth-order valence-corrected chi connectivity index (χ4v) is 1.61. The van der Waals surface area contributed by atoms with E-state index < -0.39 is 0 Å². The number of nitroso groups, excluding NO2 is 2. The van der Waals surface area contributed by atoms with Crippen molar-refractivity contribution in [2.45, 2.75) is 0 Å². The summed E-state index contributed by atoms with van der Waals surface area (Å²) in [6, 6.07) is 6.62. The summed E-state index contributed by atoms with van der Waals surface area (Å²) >= 11 is 10.8. The van der Waals surface area contributed by atoms with Crippen LogP contribution in [0.1, 0.15) is 0 Å². The van der Waals surface area contributed by atoms with E-state index in [9.17, 15) is 9.81 Å². The van der Waals surface area contributed by atoms with E-state index in [4.69, 9.17) is 23.2 Å². The lowest BCUT2D eigenvalue weighted by Gasteiger charge is -2.16. The Bertz CT molecular complexity index is 446. The van der Waals surface area contributed by atoms with Gasteiger partial charge >= 0.3 is 0 Å². The quantitative estimate of drug-likeness (QED) is 0.533. The van der Waals surface area contributed by atoms with E-state index in [2.05, 4.69) is 10.6 Å². The Hall–Kier alpha value is -1.92. The first-order chi connectivity index (χ1) is 9.76. The molecule has 0 aliphatic rings. The number of halogens is 2. The normalized spacial score (nSPS) is 10.9. The van der Waals surface area contributed by atoms with Crippen molar-refractivity contribution in [1.82, 2.24) is 0 Å². The molecule has 0 heterocycles. The van der Waals surface area contributed by atoms with Crippen LogP contribution in [0, 0.1) is 9.81 Å². The first-order valence-corrected chi connectivity index (χ1v) is 6.46. The van der Waals surface area contributed by atoms with Crippen LogP contribution in [0.2, 0.25) is 0 Å². The average Bonchev–Trinajstić information content (AvgIpc) is 2.50. The van der Waals surface area contributed by atoms with Gasteiger partial charge in [-0.15, -0.1) is 9.81 Å². The van der Waals surface area contributed by atoms with Crippen LogP contribution in [0.25, 0.3) is 0 Å². The zero-order chi connectivity index (χ0) is 14.8. The number of hydrogen-bond donors (Lipinski definition) is 0. The van der Waals surface area contributed by atoms with Crippen molar-refractivity contribution < 1.29 is 0 Å². The van der Waals surface area contributed by atoms with Crippen molar-refractivity contribution >= 4 is 34.6 Å². The molecule has 20 heavy (non-hydrogen) atoms. The third kappa shape index (κ3) is 4.64. The highest BCUT2D eigenvalue weighted by molar-refractivity contribution is 6.25. The Balaban J connectivity index is 2.85. The minimum Gasteiger partial charge on any atom is -0.225 e. The minimum absolute atomic E-state index is 0.261. The van der Waals surface area contributed by atoms with Crippen molar-refractivity contribution in [2.75, 3.05) is 23.1 Å². The number of benzene rings is 1. The Morgan fingerprint density at radius 2 is 1.20 bits per heavy atom. The summed E-state index contributed by atoms with van der Waals surface area (Å²) in [6.07, 6.45) is 3.17. The van der Waals surface area contributed by atoms with E-state index in [0.717, 1.165) is 0 Å². The summed E-state index contributed by atoms with van der Waals surface area (Å²) in [5.41, 5.74) is 3.78. The van der Waals surface area contributed by atoms with Crippen molar-refractivity contribution in [3.8, 4) is 0 Å². The van der Waals surface area contributed by atoms with Gasteiger partial charge in [0.05, 0.1) is 35.0 Å². The molecule has 106 valence electrons. The second kappa shape index (κ2) is 9.06. The number of hydrogen-bond acceptors (Lipinski definition) is 4. The molecule has 0 atom stereocenters. The van der Waals surface area contributed by atoms with Crippen LogP contribution in [0.5, 0.6) is 0 Å². The summed E-state index contributed by atoms with van der Waals surface area (Å²) in [4.78, 5) is 21.4. The minimum atomic E-state index is 0.261. The van der Waals surface area contributed by atoms with E-state index >= 15 is 0 Å². The smallest absolute Gasteiger partial charge is 0.0640 e. The highest BCUT2D eigenvalue weighted by atomic mass is 35.5. The molecule has 0 saturated heterocycles. The Morgan fingerprint density at radius 3 is 1.45 bits per heavy atom. The maximum absolute atomic E-state index is 10.7. The lowest BCUT2D eigenvalue weighted by atomic mass is 10.2. The van der Waals surface area contributed by atoms with Crippen molar-refractivity contribution in [3.05, 3.63) is 57.3 Å². The lowest BCUT2D eigenvalue weighted by molar-refractivity contribution is 0.918. The molecular weight excluding hydrogens is 303 g/mol. The molecule has 0 aromatic heterocycles. The Kier molecular flexibility index (Phi) is 7.31. The van der Waals surface area contributed by atoms with Crippen LogP contribution in [-0.4, -0.2) is 13.1 Å². The third-order valence-electron chi connectivity index (χ3n) is 2.38. The predicted molar refractivity (Wildman–Crippen MR) is 82.7 cm³/mol. The zero-order valence-corrected chi connectivity index (χ0v) is 11.9. The molecule has 0 radical (unpaired) electrons. The van der Waals surface area contributed by atoms with Crippen LogP contribution in [-0.2, 0) is 0 Å². The molecule has 1 aromatic rings. The van der Waals surface area contributed by atoms with E-state index in [1.165, 1.54) is 21.1 Å². The number of anilines is 2. The molecule has 0 aliphatic carbocycles. The summed E-state index contributed by atoms with van der Waals surface area (Å²) in [5.74, 6) is 0. The van der Waals surface area contributed by atoms with Gasteiger partial charge in [0, 0.05) is 11.1 Å². The summed E-state index contributed by atoms with van der Waals surface area (Å²) in [5, 5.41) is 8.22. The maximum Gasteiger partial charge on any atom is 0.0640 e. The van der Waals surface area contributed by atoms with Gasteiger partial charge in [0.2, 0.25) is 0 Å². The molecule has 6 nitrogen and oxygen atoms in total. The predicted octanol–water partition coefficient (Wildman–Crippen LogP) is 4.17. The highest BCUT2D eigenvalue weighted by Crippen LogP contribution is 2.21. The molecule has 8 heteroatoms. The largest absolute Gasteiger partial charge is 0.225 e. The van der Waals surface area contributed by atoms with E-state index in [1.807, 2.05) is 0 Å². The Morgan fingerprint density at radius 1 is 0.850 bits per heavy atom. The number of nitrogens with zero attached hydrogens (tertiary/aromatic N) is 4. The van der Waals surface area contributed by atoms with E-state index in [1.54, 1.807) is 36.4 Å². The SMILES string of the molecule is O=NN(CC=CCl)c1ccc(N(CC=CCl)N=O)cc1. The lowest BCUT2D eigenvalue weighted by Crippen LogP contribution is -2.17. The van der Waals surface area contributed by atoms with Crippen LogP contribution in [0.4, 0.5) is 11.4 Å². The molecule has 1 rings (SSSR count). The maximum atomic E-state index is 10.7. The van der Waals surface area contributed by atoms with Crippen molar-refractivity contribution in [1.29, 1.82) is 0 Å². The van der Waals surface area contributed by atoms with Crippen LogP contribution in [0.3, 0.4) is 0 Å². The molecule has 0 saturated carbocycles. The van der Waals surface area contributed by atoms with Gasteiger partial charge < -0.3 is 0 Å². The first-order valence-electron chi connectivity index (χ1n) is 5.59. The molecule has 0 fully saturated rings. The van der Waals surface area contributed by atoms with Crippen molar-refractivity contribution in [3.63, 3.8) is 0 Å². The summed E-state index contributed by atoms with van der Waals surface area (Å²) in [7, 11) is 0. The van der Waals surface area contributed by atoms with E-state index in [0.29, 0.717) is 11.4 Å². The highest BCUT2D eigenvalue weighted by Gasteiger charge is 2.08. The van der Waals surface area contributed by atoms with Crippen molar-refractivity contribution in [2.24, 2.45) is 10.6 Å². The molecule has 0 N–H and O–H groups in total. The molecule has 0 amide bonds. The van der Waals surface area contributed by atoms with Gasteiger partial charge in [-0.3, -0.25) is 0 Å². The fourth-order valence-electron chi connectivity index (χ4n) is 1.45. The van der Waals surface area contributed by atoms with Gasteiger partial charge in [-0.1, -0.05) is 35.4 Å². The van der Waals surface area contributed by atoms with Crippen LogP contribution < -0.4 is 10.0 Å². The van der Waals surface area contributed by atoms with Crippen LogP contribution >= 0.6 is 23.2 Å². The van der Waals surface area contributed by atoms with Gasteiger partial charge in [0.25, 0.3) is 0 Å². The molecular formula is C12H12Cl2N4O2. The molecule has 1 aromatic carbocycles. The summed E-state index contributed by atoms with van der Waals surface area (Å²) in [6.45, 7) is 0.522. The zero-order valence-electron chi connectivity index (χ0n) is 10.4. The fraction of sp³-hybridized carbons (Fsp3) is 0.167. The topological polar surface area (TPSA) is 65.3 Å². The number of rotatable bonds is 8. The van der Waals surface area contributed by atoms with Gasteiger partial charge in [-0.25, -0.2) is 10.0 Å². The third-order valence-corrected chi connectivity index (χ3v) is 2.73. The monoisotopic (exact) mass is 314 g/mol. The van der Waals surface area contributed by atoms with Gasteiger partial charge in [-0.05, 0) is 24.3 Å². The van der Waals surface area contributed by atoms with E-state index in [-0.39, 0.29) is 13.1 Å². The Labute approximate surface area is 126 Å². The van der Waals surface area contributed by atoms with Gasteiger partial charge in [0.15, 0.2) is 0 Å². The molecule has 0 bridgehead atoms. The average molecular weight is 315 g/mol. The molecule has 0 spiro atoms.